The molecule has 7 nitrogen and oxygen atoms in total. The molecule has 2 aliphatic heterocycles. The number of benzene rings is 4. The maximum Gasteiger partial charge on any atom is 0.251 e. The zero-order valence-electron chi connectivity index (χ0n) is 24.8. The minimum atomic E-state index is -0.528. The van der Waals surface area contributed by atoms with Crippen LogP contribution in [0.25, 0.3) is 11.1 Å². The minimum Gasteiger partial charge on any atom is -0.395 e. The molecule has 0 radical (unpaired) electrons. The molecule has 4 aromatic carbocycles. The second-order valence-corrected chi connectivity index (χ2v) is 11.7. The fourth-order valence-corrected chi connectivity index (χ4v) is 6.20. The summed E-state index contributed by atoms with van der Waals surface area (Å²) in [4.78, 5) is 14.8. The summed E-state index contributed by atoms with van der Waals surface area (Å²) in [6.07, 6.45) is 2.09. The fourth-order valence-electron chi connectivity index (χ4n) is 6.20. The number of amides is 1. The van der Waals surface area contributed by atoms with E-state index >= 15 is 0 Å². The summed E-state index contributed by atoms with van der Waals surface area (Å²) in [5, 5.41) is 22.4. The molecule has 4 unspecified atom stereocenters. The van der Waals surface area contributed by atoms with Gasteiger partial charge in [0.1, 0.15) is 0 Å². The van der Waals surface area contributed by atoms with Gasteiger partial charge in [0.25, 0.3) is 5.91 Å². The number of aliphatic hydroxyl groups excluding tert-OH is 2. The fraction of sp³-hybridized carbons (Fsp3) is 0.324. The molecule has 228 valence electrons. The van der Waals surface area contributed by atoms with Gasteiger partial charge >= 0.3 is 0 Å². The Hall–Kier alpha value is -3.85. The lowest BCUT2D eigenvalue weighted by molar-refractivity contribution is -0.253. The average molecular weight is 593 g/mol. The predicted octanol–water partition coefficient (Wildman–Crippen LogP) is 5.78. The zero-order valence-corrected chi connectivity index (χ0v) is 24.8. The monoisotopic (exact) mass is 592 g/mol. The Morgan fingerprint density at radius 2 is 1.59 bits per heavy atom. The van der Waals surface area contributed by atoms with Crippen LogP contribution in [0.4, 0.5) is 0 Å². The quantitative estimate of drug-likeness (QED) is 0.216. The molecule has 4 aromatic rings. The number of nitrogens with one attached hydrogen (secondary N) is 1. The molecule has 2 fully saturated rings. The van der Waals surface area contributed by atoms with E-state index in [0.717, 1.165) is 65.7 Å². The lowest BCUT2D eigenvalue weighted by Gasteiger charge is -2.38. The first kappa shape index (κ1) is 30.2. The number of carbonyl (C=O) groups excluding carboxylic acids is 1. The maximum absolute atomic E-state index is 12.5. The van der Waals surface area contributed by atoms with Gasteiger partial charge in [-0.25, -0.2) is 0 Å². The molecule has 6 rings (SSSR count). The Morgan fingerprint density at radius 1 is 0.818 bits per heavy atom. The van der Waals surface area contributed by atoms with Gasteiger partial charge in [-0.2, -0.15) is 0 Å². The summed E-state index contributed by atoms with van der Waals surface area (Å²) in [5.41, 5.74) is 6.68. The molecule has 0 spiro atoms. The summed E-state index contributed by atoms with van der Waals surface area (Å²) >= 11 is 0. The van der Waals surface area contributed by atoms with Crippen LogP contribution < -0.4 is 5.32 Å². The topological polar surface area (TPSA) is 91.3 Å². The molecular weight excluding hydrogens is 552 g/mol. The van der Waals surface area contributed by atoms with Gasteiger partial charge in [0.05, 0.1) is 25.4 Å². The highest BCUT2D eigenvalue weighted by Crippen LogP contribution is 2.39. The Bertz CT molecular complexity index is 1510. The standard InChI is InChI=1S/C37H40N2O5/c40-24-26-11-13-29(14-12-26)35-21-34(23-39-19-5-10-33(39)25-41)43-37(44-35)31-17-15-28(16-18-31)32-9-4-6-27(20-32)22-38-36(42)30-7-2-1-3-8-30/h1-4,6-9,11-18,20,33-35,37,40-41H,5,10,19,21-25H2,(H,38,42). The van der Waals surface area contributed by atoms with Crippen LogP contribution in [0.2, 0.25) is 0 Å². The van der Waals surface area contributed by atoms with E-state index in [9.17, 15) is 15.0 Å². The Morgan fingerprint density at radius 3 is 2.34 bits per heavy atom. The first-order valence-electron chi connectivity index (χ1n) is 15.5. The van der Waals surface area contributed by atoms with E-state index in [0.29, 0.717) is 12.1 Å². The molecule has 7 heteroatoms. The highest BCUT2D eigenvalue weighted by molar-refractivity contribution is 5.94. The Kier molecular flexibility index (Phi) is 9.80. The number of hydrogen-bond acceptors (Lipinski definition) is 6. The van der Waals surface area contributed by atoms with Crippen LogP contribution in [0.3, 0.4) is 0 Å². The van der Waals surface area contributed by atoms with Crippen LogP contribution in [0.15, 0.2) is 103 Å². The molecule has 0 bridgehead atoms. The van der Waals surface area contributed by atoms with Gasteiger partial charge in [-0.15, -0.1) is 0 Å². The number of carbonyl (C=O) groups is 1. The SMILES string of the molecule is O=C(NCc1cccc(-c2ccc(C3OC(CN4CCCC4CO)CC(c4ccc(CO)cc4)O3)cc2)c1)c1ccccc1. The normalized spacial score (nSPS) is 22.1. The summed E-state index contributed by atoms with van der Waals surface area (Å²) in [6.45, 7) is 2.34. The molecule has 2 heterocycles. The molecule has 0 aromatic heterocycles. The highest BCUT2D eigenvalue weighted by Gasteiger charge is 2.35. The summed E-state index contributed by atoms with van der Waals surface area (Å²) in [5.74, 6) is -0.0922. The minimum absolute atomic E-state index is 0.00918. The summed E-state index contributed by atoms with van der Waals surface area (Å²) < 4.78 is 13.1. The lowest BCUT2D eigenvalue weighted by Crippen LogP contribution is -2.42. The second-order valence-electron chi connectivity index (χ2n) is 11.7. The van der Waals surface area contributed by atoms with Crippen LogP contribution in [0, 0.1) is 0 Å². The molecule has 2 saturated heterocycles. The van der Waals surface area contributed by atoms with Gasteiger partial charge in [0.15, 0.2) is 6.29 Å². The van der Waals surface area contributed by atoms with Crippen molar-refractivity contribution in [3.05, 3.63) is 131 Å². The molecule has 0 saturated carbocycles. The summed E-state index contributed by atoms with van der Waals surface area (Å²) in [7, 11) is 0. The molecule has 4 atom stereocenters. The molecule has 44 heavy (non-hydrogen) atoms. The molecule has 0 aliphatic carbocycles. The number of hydrogen-bond donors (Lipinski definition) is 3. The predicted molar refractivity (Wildman–Crippen MR) is 170 cm³/mol. The van der Waals surface area contributed by atoms with Crippen molar-refractivity contribution < 1.29 is 24.5 Å². The van der Waals surface area contributed by atoms with Crippen LogP contribution >= 0.6 is 0 Å². The van der Waals surface area contributed by atoms with Gasteiger partial charge in [-0.1, -0.05) is 84.9 Å². The highest BCUT2D eigenvalue weighted by atomic mass is 16.7. The van der Waals surface area contributed by atoms with E-state index in [4.69, 9.17) is 9.47 Å². The van der Waals surface area contributed by atoms with Crippen LogP contribution in [0.1, 0.15) is 64.3 Å². The van der Waals surface area contributed by atoms with Gasteiger partial charge < -0.3 is 25.0 Å². The lowest BCUT2D eigenvalue weighted by atomic mass is 9.98. The van der Waals surface area contributed by atoms with Crippen molar-refractivity contribution in [2.24, 2.45) is 0 Å². The number of rotatable bonds is 10. The van der Waals surface area contributed by atoms with Crippen molar-refractivity contribution in [1.82, 2.24) is 10.2 Å². The van der Waals surface area contributed by atoms with Crippen molar-refractivity contribution in [2.75, 3.05) is 19.7 Å². The van der Waals surface area contributed by atoms with Gasteiger partial charge in [0, 0.05) is 36.7 Å². The molecule has 2 aliphatic rings. The van der Waals surface area contributed by atoms with Gasteiger partial charge in [-0.3, -0.25) is 9.69 Å². The van der Waals surface area contributed by atoms with E-state index < -0.39 is 6.29 Å². The van der Waals surface area contributed by atoms with Gasteiger partial charge in [0.2, 0.25) is 0 Å². The molecule has 3 N–H and O–H groups in total. The van der Waals surface area contributed by atoms with E-state index in [1.54, 1.807) is 0 Å². The molecular formula is C37H40N2O5. The van der Waals surface area contributed by atoms with Crippen molar-refractivity contribution in [1.29, 1.82) is 0 Å². The second kappa shape index (κ2) is 14.3. The van der Waals surface area contributed by atoms with Crippen molar-refractivity contribution in [3.8, 4) is 11.1 Å². The largest absolute Gasteiger partial charge is 0.395 e. The third-order valence-corrected chi connectivity index (χ3v) is 8.70. The number of ether oxygens (including phenoxy) is 2. The zero-order chi connectivity index (χ0) is 30.3. The number of nitrogens with zero attached hydrogens (tertiary/aromatic N) is 1. The first-order valence-corrected chi connectivity index (χ1v) is 15.5. The van der Waals surface area contributed by atoms with Gasteiger partial charge in [-0.05, 0) is 65.4 Å². The Labute approximate surface area is 259 Å². The number of likely N-dealkylation sites (tertiary alicyclic amines) is 1. The third kappa shape index (κ3) is 7.26. The van der Waals surface area contributed by atoms with E-state index in [-0.39, 0.29) is 37.4 Å². The summed E-state index contributed by atoms with van der Waals surface area (Å²) in [6, 6.07) is 33.8. The van der Waals surface area contributed by atoms with E-state index in [1.165, 1.54) is 0 Å². The van der Waals surface area contributed by atoms with E-state index in [2.05, 4.69) is 46.6 Å². The van der Waals surface area contributed by atoms with Crippen LogP contribution in [0.5, 0.6) is 0 Å². The van der Waals surface area contributed by atoms with Crippen LogP contribution in [-0.2, 0) is 22.6 Å². The van der Waals surface area contributed by atoms with Crippen molar-refractivity contribution in [3.63, 3.8) is 0 Å². The number of aliphatic hydroxyl groups is 2. The first-order chi connectivity index (χ1) is 21.6. The smallest absolute Gasteiger partial charge is 0.251 e. The van der Waals surface area contributed by atoms with Crippen molar-refractivity contribution in [2.45, 2.75) is 57.0 Å². The van der Waals surface area contributed by atoms with E-state index in [1.807, 2.05) is 66.7 Å². The maximum atomic E-state index is 12.5. The molecule has 1 amide bonds. The average Bonchev–Trinajstić information content (AvgIpc) is 3.54. The van der Waals surface area contributed by atoms with Crippen LogP contribution in [-0.4, -0.2) is 52.9 Å². The Balaban J connectivity index is 1.16. The van der Waals surface area contributed by atoms with Crippen molar-refractivity contribution >= 4 is 5.91 Å². The third-order valence-electron chi connectivity index (χ3n) is 8.70.